The number of halogens is 3. The van der Waals surface area contributed by atoms with Crippen LogP contribution in [0.2, 0.25) is 5.02 Å². The van der Waals surface area contributed by atoms with Crippen molar-refractivity contribution in [1.82, 2.24) is 14.9 Å². The summed E-state index contributed by atoms with van der Waals surface area (Å²) >= 11 is 13.2. The van der Waals surface area contributed by atoms with Gasteiger partial charge in [0.1, 0.15) is 6.61 Å². The van der Waals surface area contributed by atoms with E-state index in [0.29, 0.717) is 36.2 Å². The van der Waals surface area contributed by atoms with Gasteiger partial charge < -0.3 is 4.74 Å². The number of carbonyl (C=O) groups excluding carboxylic acids is 2. The zero-order valence-electron chi connectivity index (χ0n) is 23.6. The number of rotatable bonds is 10. The Hall–Kier alpha value is -1.88. The van der Waals surface area contributed by atoms with Crippen LogP contribution in [0.5, 0.6) is 0 Å². The zero-order valence-corrected chi connectivity index (χ0v) is 27.2. The number of imidazole rings is 1. The number of hydrogen-bond donors (Lipinski definition) is 1. The number of hydrogen-bond acceptors (Lipinski definition) is 5. The Labute approximate surface area is 261 Å². The van der Waals surface area contributed by atoms with Crippen LogP contribution >= 0.6 is 23.2 Å². The zero-order chi connectivity index (χ0) is 29.1. The first-order valence-corrected chi connectivity index (χ1v) is 17.8. The van der Waals surface area contributed by atoms with Crippen LogP contribution in [-0.4, -0.2) is 48.0 Å². The molecule has 0 bridgehead atoms. The first-order chi connectivity index (χ1) is 19.6. The molecule has 10 heteroatoms. The van der Waals surface area contributed by atoms with Crippen LogP contribution in [0.25, 0.3) is 0 Å². The number of fused-ring (bicyclic) bond motifs is 1. The van der Waals surface area contributed by atoms with E-state index in [1.54, 1.807) is 6.08 Å². The van der Waals surface area contributed by atoms with Gasteiger partial charge in [-0.15, -0.1) is 0 Å². The number of carbonyl (C=O) groups is 2. The van der Waals surface area contributed by atoms with Crippen molar-refractivity contribution >= 4 is 41.0 Å². The minimum atomic E-state index is -0.926. The molecule has 1 N–H and O–H groups in total. The summed E-state index contributed by atoms with van der Waals surface area (Å²) in [6.07, 6.45) is 8.28. The van der Waals surface area contributed by atoms with E-state index in [9.17, 15) is 9.59 Å². The van der Waals surface area contributed by atoms with Gasteiger partial charge in [-0.25, -0.2) is 0 Å². The van der Waals surface area contributed by atoms with Gasteiger partial charge in [-0.05, 0) is 0 Å². The van der Waals surface area contributed by atoms with Crippen LogP contribution in [-0.2, 0) is 26.3 Å². The molecule has 220 valence electrons. The number of esters is 1. The van der Waals surface area contributed by atoms with Crippen LogP contribution < -0.4 is 31.4 Å². The van der Waals surface area contributed by atoms with Gasteiger partial charge in [0, 0.05) is 0 Å². The van der Waals surface area contributed by atoms with Crippen molar-refractivity contribution in [3.05, 3.63) is 70.5 Å². The maximum absolute atomic E-state index is 14.6. The molecule has 1 saturated heterocycles. The maximum atomic E-state index is 14.6. The molecular weight excluding hydrogens is 674 g/mol. The Kier molecular flexibility index (Phi) is 7.83. The van der Waals surface area contributed by atoms with Crippen molar-refractivity contribution in [3.63, 3.8) is 0 Å². The summed E-state index contributed by atoms with van der Waals surface area (Å²) in [7, 11) is 0. The Bertz CT molecular complexity index is 1400. The molecular formula is C31H36Cl2IN4O3-. The Balaban J connectivity index is 1.38. The number of benzene rings is 1. The first-order valence-electron chi connectivity index (χ1n) is 14.2. The van der Waals surface area contributed by atoms with E-state index in [0.717, 1.165) is 26.6 Å². The number of aromatic nitrogens is 2. The van der Waals surface area contributed by atoms with Gasteiger partial charge in [0.05, 0.1) is 0 Å². The molecule has 1 saturated carbocycles. The number of nitrogens with zero attached hydrogens (tertiary/aromatic N) is 3. The van der Waals surface area contributed by atoms with Gasteiger partial charge in [-0.2, -0.15) is 0 Å². The molecule has 0 radical (unpaired) electrons. The van der Waals surface area contributed by atoms with Gasteiger partial charge in [0.15, 0.2) is 0 Å². The van der Waals surface area contributed by atoms with E-state index in [2.05, 4.69) is 29.5 Å². The van der Waals surface area contributed by atoms with E-state index >= 15 is 0 Å². The van der Waals surface area contributed by atoms with Gasteiger partial charge in [0.25, 0.3) is 0 Å². The van der Waals surface area contributed by atoms with E-state index < -0.39 is 11.1 Å². The number of ether oxygens (including phenoxy) is 1. The molecule has 2 aliphatic heterocycles. The summed E-state index contributed by atoms with van der Waals surface area (Å²) in [5.41, 5.74) is 0.218. The first kappa shape index (κ1) is 29.2. The van der Waals surface area contributed by atoms with Crippen molar-refractivity contribution in [3.8, 4) is 0 Å². The van der Waals surface area contributed by atoms with Crippen molar-refractivity contribution in [2.24, 2.45) is 11.8 Å². The molecule has 6 rings (SSSR count). The predicted octanol–water partition coefficient (Wildman–Crippen LogP) is 2.37. The van der Waals surface area contributed by atoms with Crippen molar-refractivity contribution < 1.29 is 35.5 Å². The van der Waals surface area contributed by atoms with Crippen LogP contribution in [0.3, 0.4) is 0 Å². The number of nitrogens with one attached hydrogen (secondary N) is 1. The van der Waals surface area contributed by atoms with E-state index in [-0.39, 0.29) is 57.7 Å². The Morgan fingerprint density at radius 3 is 2.66 bits per heavy atom. The fraction of sp³-hybridized carbons (Fsp3) is 0.516. The Morgan fingerprint density at radius 1 is 1.32 bits per heavy atom. The Morgan fingerprint density at radius 2 is 2.02 bits per heavy atom. The summed E-state index contributed by atoms with van der Waals surface area (Å²) in [5, 5.41) is 5.02. The topological polar surface area (TPSA) is 76.5 Å². The SMILES string of the molecule is C=CCOC(=O)C1(NC(C)c2cnc3n2[C@](C)(Cc2ccc(Cl)cc2)C(=O)N3C2C=C(Cl)CC(C3C[I-]3)C2C)CC1. The average molecular weight is 710 g/mol. The van der Waals surface area contributed by atoms with E-state index in [1.165, 1.54) is 4.43 Å². The summed E-state index contributed by atoms with van der Waals surface area (Å²) in [5.74, 6) is 1.17. The van der Waals surface area contributed by atoms with Gasteiger partial charge in [-0.3, -0.25) is 4.79 Å². The van der Waals surface area contributed by atoms with Crippen molar-refractivity contribution in [1.29, 1.82) is 0 Å². The summed E-state index contributed by atoms with van der Waals surface area (Å²) in [4.78, 5) is 34.3. The predicted molar refractivity (Wildman–Crippen MR) is 157 cm³/mol. The second-order valence-electron chi connectivity index (χ2n) is 12.1. The molecule has 1 amide bonds. The summed E-state index contributed by atoms with van der Waals surface area (Å²) < 4.78 is 9.61. The summed E-state index contributed by atoms with van der Waals surface area (Å²) in [6, 6.07) is 7.26. The summed E-state index contributed by atoms with van der Waals surface area (Å²) in [6.45, 7) is 10.1. The fourth-order valence-corrected chi connectivity index (χ4v) is 9.56. The second kappa shape index (κ2) is 11.0. The molecule has 4 aliphatic rings. The van der Waals surface area contributed by atoms with Crippen LogP contribution in [0, 0.1) is 11.8 Å². The van der Waals surface area contributed by atoms with Gasteiger partial charge in [0.2, 0.25) is 0 Å². The van der Waals surface area contributed by atoms with Crippen molar-refractivity contribution in [2.75, 3.05) is 15.9 Å². The molecule has 2 aliphatic carbocycles. The average Bonchev–Trinajstić information content (AvgIpc) is 3.87. The second-order valence-corrected chi connectivity index (χ2v) is 16.3. The fourth-order valence-electron chi connectivity index (χ4n) is 6.62. The number of alkyl halides is 2. The molecule has 7 nitrogen and oxygen atoms in total. The normalized spacial score (nSPS) is 30.6. The van der Waals surface area contributed by atoms with Crippen LogP contribution in [0.15, 0.2) is 54.2 Å². The van der Waals surface area contributed by atoms with Gasteiger partial charge in [-0.1, -0.05) is 24.3 Å². The number of allylic oxidation sites excluding steroid dienone is 1. The molecule has 6 atom stereocenters. The van der Waals surface area contributed by atoms with Crippen LogP contribution in [0.1, 0.15) is 57.3 Å². The third kappa shape index (κ3) is 5.27. The van der Waals surface area contributed by atoms with E-state index in [4.69, 9.17) is 32.9 Å². The molecule has 2 fully saturated rings. The van der Waals surface area contributed by atoms with E-state index in [1.807, 2.05) is 49.2 Å². The minimum absolute atomic E-state index is 0.0132. The molecule has 1 aromatic heterocycles. The molecule has 1 aromatic carbocycles. The standard InChI is InChI=1S/C31H36Cl2IN4O3/c1-5-12-41-28(40)31(10-11-31)36-19(3)26-17-35-29-37(25-14-22(33)13-23(18(25)2)24-16-34-24)27(39)30(4,38(26)29)15-20-6-8-21(32)9-7-20/h5-9,14,17-19,23-25,36H,1,10-13,15-16H2,2-4H3/q-1/t18?,19?,23?,24?,25?,30-/m1/s1. The van der Waals surface area contributed by atoms with Crippen LogP contribution in [0.4, 0.5) is 5.95 Å². The number of amides is 1. The third-order valence-electron chi connectivity index (χ3n) is 9.12. The third-order valence-corrected chi connectivity index (χ3v) is 12.5. The molecule has 3 heterocycles. The molecule has 5 unspecified atom stereocenters. The van der Waals surface area contributed by atoms with Crippen molar-refractivity contribution in [2.45, 2.75) is 73.5 Å². The number of anilines is 1. The molecule has 2 aromatic rings. The molecule has 0 spiro atoms. The monoisotopic (exact) mass is 709 g/mol. The quantitative estimate of drug-likeness (QED) is 0.178. The van der Waals surface area contributed by atoms with Gasteiger partial charge >= 0.3 is 223 Å². The molecule has 41 heavy (non-hydrogen) atoms.